The number of halogens is 1. The van der Waals surface area contributed by atoms with E-state index in [4.69, 9.17) is 22.1 Å². The maximum atomic E-state index is 9.53. The molecule has 0 saturated heterocycles. The highest BCUT2D eigenvalue weighted by Crippen LogP contribution is 2.34. The Kier molecular flexibility index (Phi) is 5.40. The third kappa shape index (κ3) is 3.63. The number of nitrogens with zero attached hydrogens (tertiary/aromatic N) is 2. The van der Waals surface area contributed by atoms with Crippen LogP contribution in [-0.4, -0.2) is 11.6 Å². The van der Waals surface area contributed by atoms with Crippen molar-refractivity contribution in [3.63, 3.8) is 0 Å². The van der Waals surface area contributed by atoms with Crippen molar-refractivity contribution in [2.75, 3.05) is 12.3 Å². The monoisotopic (exact) mass is 363 g/mol. The van der Waals surface area contributed by atoms with Gasteiger partial charge in [0.1, 0.15) is 23.2 Å². The Labute approximate surface area is 157 Å². The average Bonchev–Trinajstić information content (AvgIpc) is 2.66. The highest BCUT2D eigenvalue weighted by Gasteiger charge is 2.14. The van der Waals surface area contributed by atoms with Crippen LogP contribution < -0.4 is 10.5 Å². The van der Waals surface area contributed by atoms with Gasteiger partial charge in [-0.25, -0.2) is 4.98 Å². The lowest BCUT2D eigenvalue weighted by Gasteiger charge is -2.12. The molecular formula is C21H18ClN3O. The van der Waals surface area contributed by atoms with Crippen molar-refractivity contribution in [3.8, 4) is 34.2 Å². The number of pyridine rings is 1. The molecule has 0 radical (unpaired) electrons. The van der Waals surface area contributed by atoms with E-state index in [0.29, 0.717) is 22.9 Å². The maximum Gasteiger partial charge on any atom is 0.142 e. The number of nitrogens with two attached hydrogens (primary N) is 1. The number of rotatable bonds is 5. The molecule has 0 unspecified atom stereocenters. The van der Waals surface area contributed by atoms with Gasteiger partial charge in [-0.05, 0) is 36.2 Å². The van der Waals surface area contributed by atoms with Gasteiger partial charge in [0.2, 0.25) is 0 Å². The number of anilines is 1. The van der Waals surface area contributed by atoms with Gasteiger partial charge in [-0.3, -0.25) is 0 Å². The Morgan fingerprint density at radius 3 is 2.50 bits per heavy atom. The third-order valence-electron chi connectivity index (χ3n) is 3.95. The minimum absolute atomic E-state index is 0.186. The molecule has 0 amide bonds. The summed E-state index contributed by atoms with van der Waals surface area (Å²) in [5, 5.41) is 10.1. The van der Waals surface area contributed by atoms with Crippen LogP contribution in [0, 0.1) is 11.3 Å². The zero-order valence-electron chi connectivity index (χ0n) is 14.4. The van der Waals surface area contributed by atoms with E-state index in [9.17, 15) is 5.26 Å². The molecule has 0 bridgehead atoms. The van der Waals surface area contributed by atoms with Crippen LogP contribution in [-0.2, 0) is 0 Å². The lowest BCUT2D eigenvalue weighted by molar-refractivity contribution is 0.317. The van der Waals surface area contributed by atoms with Crippen molar-refractivity contribution >= 4 is 17.4 Å². The topological polar surface area (TPSA) is 71.9 Å². The molecule has 0 spiro atoms. The number of nitriles is 1. The lowest BCUT2D eigenvalue weighted by atomic mass is 9.98. The van der Waals surface area contributed by atoms with E-state index < -0.39 is 0 Å². The zero-order chi connectivity index (χ0) is 18.5. The van der Waals surface area contributed by atoms with Crippen molar-refractivity contribution in [1.82, 2.24) is 4.98 Å². The van der Waals surface area contributed by atoms with Crippen molar-refractivity contribution in [2.24, 2.45) is 0 Å². The Hall–Kier alpha value is -3.03. The maximum absolute atomic E-state index is 9.53. The fraction of sp³-hybridized carbons (Fsp3) is 0.143. The molecular weight excluding hydrogens is 346 g/mol. The fourth-order valence-electron chi connectivity index (χ4n) is 2.67. The van der Waals surface area contributed by atoms with Crippen molar-refractivity contribution in [2.45, 2.75) is 13.3 Å². The van der Waals surface area contributed by atoms with Crippen LogP contribution in [0.2, 0.25) is 5.02 Å². The van der Waals surface area contributed by atoms with Crippen LogP contribution in [0.4, 0.5) is 5.82 Å². The van der Waals surface area contributed by atoms with E-state index in [1.165, 1.54) is 0 Å². The Morgan fingerprint density at radius 2 is 1.85 bits per heavy atom. The van der Waals surface area contributed by atoms with Gasteiger partial charge in [-0.2, -0.15) is 5.26 Å². The van der Waals surface area contributed by atoms with Crippen LogP contribution >= 0.6 is 11.6 Å². The Morgan fingerprint density at radius 1 is 1.12 bits per heavy atom. The van der Waals surface area contributed by atoms with Crippen LogP contribution in [0.25, 0.3) is 22.4 Å². The quantitative estimate of drug-likeness (QED) is 0.666. The lowest BCUT2D eigenvalue weighted by Crippen LogP contribution is -2.00. The minimum Gasteiger partial charge on any atom is -0.494 e. The van der Waals surface area contributed by atoms with Crippen LogP contribution in [0.3, 0.4) is 0 Å². The first kappa shape index (κ1) is 17.8. The standard InChI is InChI=1S/C21H18ClN3O/c1-2-11-26-15-9-7-14(8-10-15)17-12-20(25-21(24)18(17)13-23)16-5-3-4-6-19(16)22/h3-10,12H,2,11H2,1H3,(H2,24,25). The normalized spacial score (nSPS) is 10.3. The number of aromatic nitrogens is 1. The summed E-state index contributed by atoms with van der Waals surface area (Å²) in [5.41, 5.74) is 9.39. The molecule has 1 aromatic heterocycles. The summed E-state index contributed by atoms with van der Waals surface area (Å²) >= 11 is 6.29. The van der Waals surface area contributed by atoms with Crippen molar-refractivity contribution in [3.05, 3.63) is 65.2 Å². The SMILES string of the molecule is CCCOc1ccc(-c2cc(-c3ccccc3Cl)nc(N)c2C#N)cc1. The molecule has 0 atom stereocenters. The second-order valence-corrected chi connectivity index (χ2v) is 6.19. The van der Waals surface area contributed by atoms with Crippen LogP contribution in [0.5, 0.6) is 5.75 Å². The summed E-state index contributed by atoms with van der Waals surface area (Å²) in [6.07, 6.45) is 0.947. The van der Waals surface area contributed by atoms with Gasteiger partial charge in [0.05, 0.1) is 12.3 Å². The second kappa shape index (κ2) is 7.90. The van der Waals surface area contributed by atoms with Crippen LogP contribution in [0.15, 0.2) is 54.6 Å². The van der Waals surface area contributed by atoms with E-state index in [0.717, 1.165) is 28.9 Å². The van der Waals surface area contributed by atoms with Gasteiger partial charge in [0.25, 0.3) is 0 Å². The fourth-order valence-corrected chi connectivity index (χ4v) is 2.90. The van der Waals surface area contributed by atoms with Crippen molar-refractivity contribution < 1.29 is 4.74 Å². The molecule has 0 saturated carbocycles. The molecule has 26 heavy (non-hydrogen) atoms. The summed E-state index contributed by atoms with van der Waals surface area (Å²) in [6, 6.07) is 19.0. The Bertz CT molecular complexity index is 962. The largest absolute Gasteiger partial charge is 0.494 e. The number of ether oxygens (including phenoxy) is 1. The first-order valence-corrected chi connectivity index (χ1v) is 8.70. The highest BCUT2D eigenvalue weighted by molar-refractivity contribution is 6.33. The van der Waals surface area contributed by atoms with Crippen LogP contribution in [0.1, 0.15) is 18.9 Å². The Balaban J connectivity index is 2.08. The van der Waals surface area contributed by atoms with Gasteiger partial charge >= 0.3 is 0 Å². The molecule has 0 aliphatic rings. The van der Waals surface area contributed by atoms with E-state index in [1.54, 1.807) is 6.07 Å². The summed E-state index contributed by atoms with van der Waals surface area (Å²) < 4.78 is 5.62. The highest BCUT2D eigenvalue weighted by atomic mass is 35.5. The summed E-state index contributed by atoms with van der Waals surface area (Å²) in [6.45, 7) is 2.73. The number of hydrogen-bond acceptors (Lipinski definition) is 4. The molecule has 1 heterocycles. The van der Waals surface area contributed by atoms with E-state index >= 15 is 0 Å². The van der Waals surface area contributed by atoms with Gasteiger partial charge < -0.3 is 10.5 Å². The smallest absolute Gasteiger partial charge is 0.142 e. The number of nitrogen functional groups attached to an aromatic ring is 1. The van der Waals surface area contributed by atoms with E-state index in [1.807, 2.05) is 48.5 Å². The molecule has 5 heteroatoms. The number of hydrogen-bond donors (Lipinski definition) is 1. The van der Waals surface area contributed by atoms with Gasteiger partial charge in [-0.15, -0.1) is 0 Å². The first-order chi connectivity index (χ1) is 12.6. The second-order valence-electron chi connectivity index (χ2n) is 5.78. The van der Waals surface area contributed by atoms with Crippen molar-refractivity contribution in [1.29, 1.82) is 5.26 Å². The average molecular weight is 364 g/mol. The summed E-state index contributed by atoms with van der Waals surface area (Å²) in [5.74, 6) is 0.980. The minimum atomic E-state index is 0.186. The van der Waals surface area contributed by atoms with Gasteiger partial charge in [0, 0.05) is 16.1 Å². The zero-order valence-corrected chi connectivity index (χ0v) is 15.1. The molecule has 2 N–H and O–H groups in total. The molecule has 4 nitrogen and oxygen atoms in total. The molecule has 0 aliphatic carbocycles. The molecule has 2 aromatic carbocycles. The number of benzene rings is 2. The third-order valence-corrected chi connectivity index (χ3v) is 4.28. The predicted octanol–water partition coefficient (Wildman–Crippen LogP) is 5.31. The molecule has 130 valence electrons. The van der Waals surface area contributed by atoms with Gasteiger partial charge in [0.15, 0.2) is 0 Å². The molecule has 3 rings (SSSR count). The molecule has 3 aromatic rings. The summed E-state index contributed by atoms with van der Waals surface area (Å²) in [4.78, 5) is 4.37. The first-order valence-electron chi connectivity index (χ1n) is 8.32. The van der Waals surface area contributed by atoms with Gasteiger partial charge in [-0.1, -0.05) is 48.9 Å². The summed E-state index contributed by atoms with van der Waals surface area (Å²) in [7, 11) is 0. The van der Waals surface area contributed by atoms with E-state index in [-0.39, 0.29) is 5.82 Å². The molecule has 0 fully saturated rings. The molecule has 0 aliphatic heterocycles. The van der Waals surface area contributed by atoms with E-state index in [2.05, 4.69) is 18.0 Å². The predicted molar refractivity (Wildman–Crippen MR) is 105 cm³/mol.